The van der Waals surface area contributed by atoms with Crippen LogP contribution >= 0.6 is 0 Å². The number of aliphatic hydroxyl groups excluding tert-OH is 2. The molecule has 0 aromatic heterocycles. The van der Waals surface area contributed by atoms with E-state index in [4.69, 9.17) is 4.74 Å². The van der Waals surface area contributed by atoms with Crippen molar-refractivity contribution in [3.8, 4) is 0 Å². The van der Waals surface area contributed by atoms with Crippen molar-refractivity contribution in [1.82, 2.24) is 5.32 Å². The van der Waals surface area contributed by atoms with Gasteiger partial charge in [-0.05, 0) is 57.8 Å². The fraction of sp³-hybridized carbons (Fsp3) is 0.923. The normalized spacial score (nSPS) is 12.6. The molecule has 0 bridgehead atoms. The van der Waals surface area contributed by atoms with Crippen molar-refractivity contribution in [2.24, 2.45) is 0 Å². The maximum atomic E-state index is 12.5. The first-order valence-electron chi connectivity index (χ1n) is 38.6. The molecule has 0 saturated heterocycles. The predicted molar refractivity (Wildman–Crippen MR) is 370 cm³/mol. The third kappa shape index (κ3) is 69.4. The topological polar surface area (TPSA) is 95.9 Å². The molecule has 6 nitrogen and oxygen atoms in total. The minimum absolute atomic E-state index is 0.0266. The average Bonchev–Trinajstić information content (AvgIpc) is 3.51. The largest absolute Gasteiger partial charge is 0.466 e. The molecule has 6 heteroatoms. The number of rotatable bonds is 73. The molecule has 3 N–H and O–H groups in total. The van der Waals surface area contributed by atoms with E-state index in [0.717, 1.165) is 38.5 Å². The van der Waals surface area contributed by atoms with Crippen molar-refractivity contribution >= 4 is 11.9 Å². The van der Waals surface area contributed by atoms with E-state index in [1.807, 2.05) is 6.08 Å². The molecule has 0 aliphatic heterocycles. The summed E-state index contributed by atoms with van der Waals surface area (Å²) in [5, 5.41) is 23.1. The second-order valence-electron chi connectivity index (χ2n) is 26.7. The summed E-state index contributed by atoms with van der Waals surface area (Å²) in [7, 11) is 0. The highest BCUT2D eigenvalue weighted by Crippen LogP contribution is 2.20. The summed E-state index contributed by atoms with van der Waals surface area (Å²) in [6.45, 7) is 4.94. The number of carbonyl (C=O) groups excluding carboxylic acids is 2. The molecule has 84 heavy (non-hydrogen) atoms. The molecule has 0 spiro atoms. The van der Waals surface area contributed by atoms with E-state index < -0.39 is 12.1 Å². The summed E-state index contributed by atoms with van der Waals surface area (Å²) in [4.78, 5) is 24.6. The smallest absolute Gasteiger partial charge is 0.305 e. The van der Waals surface area contributed by atoms with Gasteiger partial charge < -0.3 is 20.3 Å². The van der Waals surface area contributed by atoms with E-state index in [1.165, 1.54) is 372 Å². The lowest BCUT2D eigenvalue weighted by atomic mass is 10.0. The Morgan fingerprint density at radius 3 is 0.845 bits per heavy atom. The van der Waals surface area contributed by atoms with Crippen LogP contribution < -0.4 is 5.32 Å². The van der Waals surface area contributed by atoms with Gasteiger partial charge in [-0.1, -0.05) is 391 Å². The summed E-state index contributed by atoms with van der Waals surface area (Å²) in [5.74, 6) is -0.0357. The Labute approximate surface area is 526 Å². The molecular weight excluding hydrogens is 1030 g/mol. The third-order valence-corrected chi connectivity index (χ3v) is 18.2. The number of unbranched alkanes of at least 4 members (excludes halogenated alkanes) is 60. The lowest BCUT2D eigenvalue weighted by Crippen LogP contribution is -2.45. The number of aliphatic hydroxyl groups is 2. The van der Waals surface area contributed by atoms with Crippen LogP contribution in [0.1, 0.15) is 438 Å². The van der Waals surface area contributed by atoms with E-state index in [2.05, 4.69) is 31.3 Å². The number of allylic oxidation sites excluding steroid dienone is 3. The van der Waals surface area contributed by atoms with Crippen LogP contribution in [0.3, 0.4) is 0 Å². The Hall–Kier alpha value is -1.66. The van der Waals surface area contributed by atoms with Gasteiger partial charge in [-0.2, -0.15) is 0 Å². The van der Waals surface area contributed by atoms with Crippen LogP contribution in [0.2, 0.25) is 0 Å². The lowest BCUT2D eigenvalue weighted by molar-refractivity contribution is -0.143. The van der Waals surface area contributed by atoms with Crippen LogP contribution in [-0.4, -0.2) is 47.4 Å². The third-order valence-electron chi connectivity index (χ3n) is 18.2. The summed E-state index contributed by atoms with van der Waals surface area (Å²) in [5.41, 5.74) is 0. The van der Waals surface area contributed by atoms with Crippen LogP contribution in [0.15, 0.2) is 24.3 Å². The Bertz CT molecular complexity index is 1320. The van der Waals surface area contributed by atoms with Crippen molar-refractivity contribution in [3.05, 3.63) is 24.3 Å². The highest BCUT2D eigenvalue weighted by Gasteiger charge is 2.18. The molecule has 2 unspecified atom stereocenters. The fourth-order valence-electron chi connectivity index (χ4n) is 12.3. The fourth-order valence-corrected chi connectivity index (χ4v) is 12.3. The second-order valence-corrected chi connectivity index (χ2v) is 26.7. The van der Waals surface area contributed by atoms with Gasteiger partial charge in [0.15, 0.2) is 0 Å². The number of ether oxygens (including phenoxy) is 1. The van der Waals surface area contributed by atoms with E-state index in [9.17, 15) is 19.8 Å². The second kappa shape index (κ2) is 73.8. The highest BCUT2D eigenvalue weighted by atomic mass is 16.5. The Kier molecular flexibility index (Phi) is 72.3. The van der Waals surface area contributed by atoms with Gasteiger partial charge >= 0.3 is 5.97 Å². The van der Waals surface area contributed by atoms with Crippen molar-refractivity contribution in [2.75, 3.05) is 13.2 Å². The molecule has 0 aliphatic carbocycles. The molecule has 498 valence electrons. The van der Waals surface area contributed by atoms with Gasteiger partial charge in [0, 0.05) is 12.8 Å². The van der Waals surface area contributed by atoms with Crippen LogP contribution in [0.25, 0.3) is 0 Å². The number of hydrogen-bond donors (Lipinski definition) is 3. The minimum Gasteiger partial charge on any atom is -0.466 e. The van der Waals surface area contributed by atoms with E-state index >= 15 is 0 Å². The number of esters is 1. The Morgan fingerprint density at radius 1 is 0.321 bits per heavy atom. The van der Waals surface area contributed by atoms with Gasteiger partial charge in [0.1, 0.15) is 0 Å². The molecule has 2 atom stereocenters. The molecule has 0 radical (unpaired) electrons. The molecule has 0 aliphatic rings. The zero-order valence-corrected chi connectivity index (χ0v) is 57.2. The number of amides is 1. The van der Waals surface area contributed by atoms with Crippen LogP contribution in [0, 0.1) is 0 Å². The minimum atomic E-state index is -0.840. The SMILES string of the molecule is CCCCCCCCCCCC/C=C/C(O)C(CO)NC(=O)CCCCCCCCCCCCCCCCCCC/C=C\CCCCCCCCCCCCCCCCCCCCOC(=O)CCCCCCCCCCCCCCCCCC. The number of carbonyl (C=O) groups is 2. The molecule has 1 amide bonds. The van der Waals surface area contributed by atoms with Crippen molar-refractivity contribution < 1.29 is 24.5 Å². The van der Waals surface area contributed by atoms with Gasteiger partial charge in [-0.3, -0.25) is 9.59 Å². The first-order chi connectivity index (χ1) is 41.5. The van der Waals surface area contributed by atoms with Crippen molar-refractivity contribution in [1.29, 1.82) is 0 Å². The van der Waals surface area contributed by atoms with Crippen LogP contribution in [0.4, 0.5) is 0 Å². The first kappa shape index (κ1) is 82.3. The van der Waals surface area contributed by atoms with Gasteiger partial charge in [0.25, 0.3) is 0 Å². The zero-order chi connectivity index (χ0) is 60.6. The molecule has 0 heterocycles. The summed E-state index contributed by atoms with van der Waals surface area (Å²) < 4.78 is 5.51. The molecule has 0 rings (SSSR count). The summed E-state index contributed by atoms with van der Waals surface area (Å²) >= 11 is 0. The molecule has 0 saturated carbocycles. The monoisotopic (exact) mass is 1180 g/mol. The van der Waals surface area contributed by atoms with Crippen LogP contribution in [-0.2, 0) is 14.3 Å². The van der Waals surface area contributed by atoms with E-state index in [-0.39, 0.29) is 18.5 Å². The molecule has 0 fully saturated rings. The van der Waals surface area contributed by atoms with Gasteiger partial charge in [-0.25, -0.2) is 0 Å². The van der Waals surface area contributed by atoms with Gasteiger partial charge in [-0.15, -0.1) is 0 Å². The molecule has 0 aromatic carbocycles. The maximum Gasteiger partial charge on any atom is 0.305 e. The number of hydrogen-bond acceptors (Lipinski definition) is 5. The zero-order valence-electron chi connectivity index (χ0n) is 57.2. The highest BCUT2D eigenvalue weighted by molar-refractivity contribution is 5.76. The average molecular weight is 1180 g/mol. The summed E-state index contributed by atoms with van der Waals surface area (Å²) in [6, 6.07) is -0.623. The van der Waals surface area contributed by atoms with E-state index in [1.54, 1.807) is 6.08 Å². The van der Waals surface area contributed by atoms with Crippen molar-refractivity contribution in [2.45, 2.75) is 450 Å². The Morgan fingerprint density at radius 2 is 0.560 bits per heavy atom. The van der Waals surface area contributed by atoms with Crippen LogP contribution in [0.5, 0.6) is 0 Å². The maximum absolute atomic E-state index is 12.5. The molecular formula is C78H151NO5. The summed E-state index contributed by atoms with van der Waals surface area (Å²) in [6.07, 6.45) is 94.5. The standard InChI is InChI=1S/C78H151NO5/c1-3-5-7-9-11-13-15-17-18-45-48-52-56-60-64-68-72-78(83)84-73-69-65-61-57-53-49-46-43-41-39-37-35-33-31-29-27-25-23-21-19-20-22-24-26-28-30-32-34-36-38-40-42-44-47-51-55-59-63-67-71-77(82)79-75(74-80)76(81)70-66-62-58-54-50-16-14-12-10-8-6-4-2/h19-20,66,70,75-76,80-81H,3-18,21-65,67-69,71-74H2,1-2H3,(H,79,82)/b20-19-,70-66+. The predicted octanol–water partition coefficient (Wildman–Crippen LogP) is 25.3. The van der Waals surface area contributed by atoms with Gasteiger partial charge in [0.2, 0.25) is 5.91 Å². The quantitative estimate of drug-likeness (QED) is 0.0320. The first-order valence-corrected chi connectivity index (χ1v) is 38.6. The number of nitrogens with one attached hydrogen (secondary N) is 1. The molecule has 0 aromatic rings. The van der Waals surface area contributed by atoms with E-state index in [0.29, 0.717) is 19.4 Å². The Balaban J connectivity index is 3.30. The van der Waals surface area contributed by atoms with Crippen molar-refractivity contribution in [3.63, 3.8) is 0 Å². The lowest BCUT2D eigenvalue weighted by Gasteiger charge is -2.20. The van der Waals surface area contributed by atoms with Gasteiger partial charge in [0.05, 0.1) is 25.4 Å².